The van der Waals surface area contributed by atoms with E-state index >= 15 is 0 Å². The van der Waals surface area contributed by atoms with Gasteiger partial charge < -0.3 is 16.8 Å². The zero-order valence-electron chi connectivity index (χ0n) is 7.16. The second kappa shape index (κ2) is 2.16. The lowest BCUT2D eigenvalue weighted by Gasteiger charge is -1.98. The van der Waals surface area contributed by atoms with E-state index in [9.17, 15) is 0 Å². The van der Waals surface area contributed by atoms with Crippen molar-refractivity contribution >= 4 is 49.6 Å². The van der Waals surface area contributed by atoms with E-state index in [1.165, 1.54) is 0 Å². The van der Waals surface area contributed by atoms with Crippen LogP contribution in [-0.2, 0) is 0 Å². The predicted molar refractivity (Wildman–Crippen MR) is 48.6 cm³/mol. The summed E-state index contributed by atoms with van der Waals surface area (Å²) in [5, 5.41) is 0. The molecule has 5 heterocycles. The van der Waals surface area contributed by atoms with Gasteiger partial charge in [-0.15, -0.1) is 0 Å². The van der Waals surface area contributed by atoms with Gasteiger partial charge in [-0.1, -0.05) is 0 Å². The maximum Gasteiger partial charge on any atom is 0.528 e. The van der Waals surface area contributed by atoms with Crippen molar-refractivity contribution < 1.29 is 34.7 Å². The van der Waals surface area contributed by atoms with Crippen molar-refractivity contribution in [1.82, 2.24) is 0 Å². The van der Waals surface area contributed by atoms with E-state index in [0.29, 0.717) is 33.5 Å². The SMILES string of the molecule is o1op2ooc3c4op5oc3c(o5)c(o2)c14. The smallest absolute Gasteiger partial charge is 0.382 e. The van der Waals surface area contributed by atoms with Crippen molar-refractivity contribution in [1.29, 1.82) is 0 Å². The molecule has 0 aliphatic rings. The molecular formula is C6O8P2. The normalized spacial score (nSPS) is 15.2. The molecule has 0 spiro atoms. The van der Waals surface area contributed by atoms with Gasteiger partial charge in [-0.25, -0.2) is 0 Å². The predicted octanol–water partition coefficient (Wildman–Crippen LogP) is 4.74. The molecule has 1 aromatic carbocycles. The highest BCUT2D eigenvalue weighted by atomic mass is 31.1. The van der Waals surface area contributed by atoms with Gasteiger partial charge in [0.05, 0.1) is 0 Å². The number of fused-ring (bicyclic) bond motifs is 3. The monoisotopic (exact) mass is 262 g/mol. The summed E-state index contributed by atoms with van der Waals surface area (Å²) in [4.78, 5) is 0. The van der Waals surface area contributed by atoms with Gasteiger partial charge in [0.25, 0.3) is 11.2 Å². The van der Waals surface area contributed by atoms with Gasteiger partial charge in [0, 0.05) is 0 Å². The number of hydrogen-bond acceptors (Lipinski definition) is 8. The molecule has 82 valence electrons. The van der Waals surface area contributed by atoms with E-state index in [2.05, 4.69) is 0 Å². The molecule has 0 aliphatic heterocycles. The van der Waals surface area contributed by atoms with Gasteiger partial charge in [0.15, 0.2) is 0 Å². The molecule has 8 nitrogen and oxygen atoms in total. The van der Waals surface area contributed by atoms with E-state index in [1.54, 1.807) is 0 Å². The lowest BCUT2D eigenvalue weighted by molar-refractivity contribution is 0.0592. The summed E-state index contributed by atoms with van der Waals surface area (Å²) in [5.41, 5.74) is 2.12. The number of benzene rings is 1. The Morgan fingerprint density at radius 1 is 0.500 bits per heavy atom. The fourth-order valence-electron chi connectivity index (χ4n) is 1.63. The third kappa shape index (κ3) is 0.662. The molecule has 2 unspecified atom stereocenters. The van der Waals surface area contributed by atoms with E-state index in [1.807, 2.05) is 0 Å². The van der Waals surface area contributed by atoms with Crippen molar-refractivity contribution in [2.75, 3.05) is 0 Å². The van der Waals surface area contributed by atoms with Crippen molar-refractivity contribution in [3.05, 3.63) is 0 Å². The lowest BCUT2D eigenvalue weighted by atomic mass is 10.3. The first-order valence-electron chi connectivity index (χ1n) is 4.15. The molecule has 16 heavy (non-hydrogen) atoms. The van der Waals surface area contributed by atoms with Gasteiger partial charge >= 0.3 is 16.1 Å². The Balaban J connectivity index is 2.48. The molecule has 6 rings (SSSR count). The second-order valence-electron chi connectivity index (χ2n) is 3.10. The van der Waals surface area contributed by atoms with Crippen LogP contribution in [0.4, 0.5) is 0 Å². The summed E-state index contributed by atoms with van der Waals surface area (Å²) in [6, 6.07) is 0. The Morgan fingerprint density at radius 2 is 0.938 bits per heavy atom. The van der Waals surface area contributed by atoms with E-state index in [4.69, 9.17) is 34.7 Å². The van der Waals surface area contributed by atoms with Crippen molar-refractivity contribution in [2.45, 2.75) is 0 Å². The minimum atomic E-state index is -1.74. The van der Waals surface area contributed by atoms with Crippen LogP contribution in [0.25, 0.3) is 33.5 Å². The fraction of sp³-hybridized carbons (Fsp3) is 0. The maximum absolute atomic E-state index is 5.41. The Hall–Kier alpha value is -1.78. The molecule has 0 fully saturated rings. The summed E-state index contributed by atoms with van der Waals surface area (Å²) in [6.07, 6.45) is 0. The highest BCUT2D eigenvalue weighted by Gasteiger charge is 2.28. The molecule has 0 saturated heterocycles. The van der Waals surface area contributed by atoms with Gasteiger partial charge in [-0.3, -0.25) is 9.15 Å². The minimum Gasteiger partial charge on any atom is -0.382 e. The van der Waals surface area contributed by atoms with Crippen LogP contribution >= 0.6 is 16.1 Å². The van der Waals surface area contributed by atoms with Crippen LogP contribution in [0.2, 0.25) is 0 Å². The fourth-order valence-corrected chi connectivity index (χ4v) is 3.36. The maximum atomic E-state index is 5.41. The van der Waals surface area contributed by atoms with Crippen LogP contribution in [0.15, 0.2) is 34.7 Å². The molecule has 0 amide bonds. The average Bonchev–Trinajstić information content (AvgIpc) is 2.53. The average molecular weight is 262 g/mol. The Morgan fingerprint density at radius 3 is 1.56 bits per heavy atom. The molecule has 0 aliphatic carbocycles. The number of hydrogen-bond donors (Lipinski definition) is 0. The topological polar surface area (TPSA) is 105 Å². The van der Waals surface area contributed by atoms with Crippen LogP contribution < -0.4 is 0 Å². The molecule has 10 heteroatoms. The van der Waals surface area contributed by atoms with Crippen LogP contribution in [0.5, 0.6) is 0 Å². The highest BCUT2D eigenvalue weighted by molar-refractivity contribution is 7.27. The number of rotatable bonds is 0. The van der Waals surface area contributed by atoms with E-state index in [0.717, 1.165) is 0 Å². The second-order valence-corrected chi connectivity index (χ2v) is 5.03. The third-order valence-electron chi connectivity index (χ3n) is 2.26. The molecule has 7 bridgehead atoms. The summed E-state index contributed by atoms with van der Waals surface area (Å²) in [6.45, 7) is 0. The van der Waals surface area contributed by atoms with Gasteiger partial charge in [-0.05, 0) is 0 Å². The minimum absolute atomic E-state index is 0.295. The van der Waals surface area contributed by atoms with Crippen molar-refractivity contribution in [3.8, 4) is 0 Å². The first-order chi connectivity index (χ1) is 7.90. The van der Waals surface area contributed by atoms with Crippen molar-refractivity contribution in [3.63, 3.8) is 0 Å². The summed E-state index contributed by atoms with van der Waals surface area (Å²) in [7, 11) is -3.22. The zero-order valence-corrected chi connectivity index (χ0v) is 8.95. The van der Waals surface area contributed by atoms with Crippen LogP contribution in [0.3, 0.4) is 0 Å². The quantitative estimate of drug-likeness (QED) is 0.368. The Bertz CT molecular complexity index is 922. The molecule has 0 saturated carbocycles. The first kappa shape index (κ1) is 7.49. The molecular weight excluding hydrogens is 262 g/mol. The Kier molecular flexibility index (Phi) is 1.01. The molecule has 0 radical (unpaired) electrons. The molecule has 6 aromatic rings. The largest absolute Gasteiger partial charge is 0.528 e. The third-order valence-corrected chi connectivity index (χ3v) is 3.98. The van der Waals surface area contributed by atoms with Gasteiger partial charge in [0.2, 0.25) is 22.3 Å². The zero-order chi connectivity index (χ0) is 10.3. The lowest BCUT2D eigenvalue weighted by Crippen LogP contribution is -1.78. The first-order valence-corrected chi connectivity index (χ1v) is 6.34. The molecule has 0 N–H and O–H groups in total. The molecule has 2 atom stereocenters. The Labute approximate surface area is 85.0 Å². The highest BCUT2D eigenvalue weighted by Crippen LogP contribution is 2.48. The van der Waals surface area contributed by atoms with Gasteiger partial charge in [0.1, 0.15) is 0 Å². The van der Waals surface area contributed by atoms with Crippen LogP contribution in [-0.4, -0.2) is 0 Å². The van der Waals surface area contributed by atoms with Crippen LogP contribution in [0, 0.1) is 0 Å². The summed E-state index contributed by atoms with van der Waals surface area (Å²) in [5.74, 6) is 0. The standard InChI is InChI=1S/C6O8P2/c7-1-3-2-5(12-16(13-7)14-8-2)6-4(1)10-15(9-3)11-6. The van der Waals surface area contributed by atoms with E-state index in [-0.39, 0.29) is 0 Å². The molecule has 5 aromatic heterocycles. The van der Waals surface area contributed by atoms with E-state index < -0.39 is 16.1 Å². The van der Waals surface area contributed by atoms with Crippen molar-refractivity contribution in [2.24, 2.45) is 0 Å². The summed E-state index contributed by atoms with van der Waals surface area (Å²) < 4.78 is 41.3. The summed E-state index contributed by atoms with van der Waals surface area (Å²) >= 11 is 0. The van der Waals surface area contributed by atoms with Gasteiger partial charge in [-0.2, -0.15) is 8.71 Å². The van der Waals surface area contributed by atoms with Crippen LogP contribution in [0.1, 0.15) is 0 Å².